The summed E-state index contributed by atoms with van der Waals surface area (Å²) in [5.74, 6) is 0. The van der Waals surface area contributed by atoms with E-state index in [1.165, 1.54) is 56.9 Å². The Morgan fingerprint density at radius 1 is 0.889 bits per heavy atom. The fourth-order valence-electron chi connectivity index (χ4n) is 2.70. The maximum absolute atomic E-state index is 4.15. The predicted octanol–water partition coefficient (Wildman–Crippen LogP) is 5.50. The molecule has 0 aliphatic heterocycles. The Balaban J connectivity index is 2.67. The number of unbranched alkanes of at least 4 members (excludes halogenated alkanes) is 4. The second-order valence-electron chi connectivity index (χ2n) is 5.71. The van der Waals surface area contributed by atoms with E-state index in [1.54, 1.807) is 0 Å². The Morgan fingerprint density at radius 2 is 1.39 bits per heavy atom. The second kappa shape index (κ2) is 8.29. The normalized spacial score (nSPS) is 11.7. The zero-order chi connectivity index (χ0) is 13.3. The summed E-state index contributed by atoms with van der Waals surface area (Å²) in [6.07, 6.45) is 14.5. The Labute approximate surface area is 113 Å². The van der Waals surface area contributed by atoms with Crippen LogP contribution in [0.25, 0.3) is 0 Å². The van der Waals surface area contributed by atoms with Crippen LogP contribution < -0.4 is 0 Å². The van der Waals surface area contributed by atoms with Gasteiger partial charge in [-0.05, 0) is 36.0 Å². The molecule has 0 fully saturated rings. The van der Waals surface area contributed by atoms with Crippen molar-refractivity contribution in [3.63, 3.8) is 0 Å². The first kappa shape index (κ1) is 15.2. The van der Waals surface area contributed by atoms with Gasteiger partial charge in [-0.1, -0.05) is 59.3 Å². The highest BCUT2D eigenvalue weighted by atomic mass is 14.6. The minimum absolute atomic E-state index is 0.354. The number of nitrogens with zero attached hydrogens (tertiary/aromatic N) is 1. The van der Waals surface area contributed by atoms with E-state index in [1.807, 2.05) is 12.4 Å². The summed E-state index contributed by atoms with van der Waals surface area (Å²) in [4.78, 5) is 4.15. The van der Waals surface area contributed by atoms with Crippen LogP contribution in [-0.2, 0) is 5.41 Å². The molecular formula is C17H29N. The Hall–Kier alpha value is -0.850. The third-order valence-electron chi connectivity index (χ3n) is 4.04. The average Bonchev–Trinajstić information content (AvgIpc) is 2.40. The molecule has 0 aliphatic carbocycles. The molecule has 0 aliphatic rings. The van der Waals surface area contributed by atoms with Crippen molar-refractivity contribution < 1.29 is 0 Å². The van der Waals surface area contributed by atoms with Gasteiger partial charge in [-0.15, -0.1) is 0 Å². The molecule has 18 heavy (non-hydrogen) atoms. The average molecular weight is 247 g/mol. The number of aromatic nitrogens is 1. The summed E-state index contributed by atoms with van der Waals surface area (Å²) in [5.41, 5.74) is 1.83. The Bertz CT molecular complexity index is 295. The standard InChI is InChI=1S/C17H29N/c1-4-6-8-12-17(3,13-9-7-5-2)16-10-14-18-15-11-16/h10-11,14-15H,4-9,12-13H2,1-3H3. The lowest BCUT2D eigenvalue weighted by molar-refractivity contribution is 0.367. The summed E-state index contributed by atoms with van der Waals surface area (Å²) in [6.45, 7) is 7.00. The van der Waals surface area contributed by atoms with Gasteiger partial charge in [0.1, 0.15) is 0 Å². The van der Waals surface area contributed by atoms with Gasteiger partial charge >= 0.3 is 0 Å². The van der Waals surface area contributed by atoms with Crippen molar-refractivity contribution in [2.75, 3.05) is 0 Å². The zero-order valence-electron chi connectivity index (χ0n) is 12.4. The van der Waals surface area contributed by atoms with Crippen LogP contribution in [0.1, 0.15) is 77.7 Å². The highest BCUT2D eigenvalue weighted by Crippen LogP contribution is 2.34. The molecular weight excluding hydrogens is 218 g/mol. The molecule has 0 aromatic carbocycles. The van der Waals surface area contributed by atoms with Gasteiger partial charge in [-0.2, -0.15) is 0 Å². The lowest BCUT2D eigenvalue weighted by Crippen LogP contribution is -2.22. The lowest BCUT2D eigenvalue weighted by atomic mass is 9.74. The van der Waals surface area contributed by atoms with Gasteiger partial charge < -0.3 is 0 Å². The predicted molar refractivity (Wildman–Crippen MR) is 79.9 cm³/mol. The fourth-order valence-corrected chi connectivity index (χ4v) is 2.70. The minimum atomic E-state index is 0.354. The minimum Gasteiger partial charge on any atom is -0.265 e. The number of hydrogen-bond acceptors (Lipinski definition) is 1. The summed E-state index contributed by atoms with van der Waals surface area (Å²) in [5, 5.41) is 0. The highest BCUT2D eigenvalue weighted by molar-refractivity contribution is 5.21. The first-order chi connectivity index (χ1) is 8.73. The van der Waals surface area contributed by atoms with E-state index in [2.05, 4.69) is 37.9 Å². The lowest BCUT2D eigenvalue weighted by Gasteiger charge is -2.30. The topological polar surface area (TPSA) is 12.9 Å². The molecule has 1 aromatic heterocycles. The van der Waals surface area contributed by atoms with Crippen molar-refractivity contribution in [3.05, 3.63) is 30.1 Å². The van der Waals surface area contributed by atoms with E-state index < -0.39 is 0 Å². The summed E-state index contributed by atoms with van der Waals surface area (Å²) >= 11 is 0. The van der Waals surface area contributed by atoms with Crippen molar-refractivity contribution in [3.8, 4) is 0 Å². The molecule has 0 atom stereocenters. The van der Waals surface area contributed by atoms with E-state index in [4.69, 9.17) is 0 Å². The maximum atomic E-state index is 4.15. The van der Waals surface area contributed by atoms with Gasteiger partial charge in [0.15, 0.2) is 0 Å². The molecule has 0 saturated heterocycles. The quantitative estimate of drug-likeness (QED) is 0.525. The summed E-state index contributed by atoms with van der Waals surface area (Å²) in [6, 6.07) is 4.41. The third-order valence-corrected chi connectivity index (χ3v) is 4.04. The van der Waals surface area contributed by atoms with Gasteiger partial charge in [0, 0.05) is 12.4 Å². The van der Waals surface area contributed by atoms with Crippen LogP contribution in [0.4, 0.5) is 0 Å². The van der Waals surface area contributed by atoms with E-state index in [-0.39, 0.29) is 0 Å². The van der Waals surface area contributed by atoms with E-state index in [0.29, 0.717) is 5.41 Å². The van der Waals surface area contributed by atoms with Crippen molar-refractivity contribution >= 4 is 0 Å². The van der Waals surface area contributed by atoms with Crippen LogP contribution in [0.3, 0.4) is 0 Å². The van der Waals surface area contributed by atoms with E-state index in [9.17, 15) is 0 Å². The van der Waals surface area contributed by atoms with Crippen LogP contribution in [-0.4, -0.2) is 4.98 Å². The van der Waals surface area contributed by atoms with E-state index in [0.717, 1.165) is 0 Å². The first-order valence-corrected chi connectivity index (χ1v) is 7.63. The van der Waals surface area contributed by atoms with Gasteiger partial charge in [0.25, 0.3) is 0 Å². The van der Waals surface area contributed by atoms with E-state index >= 15 is 0 Å². The number of pyridine rings is 1. The van der Waals surface area contributed by atoms with Gasteiger partial charge in [-0.25, -0.2) is 0 Å². The third kappa shape index (κ3) is 4.80. The van der Waals surface area contributed by atoms with Crippen molar-refractivity contribution in [1.29, 1.82) is 0 Å². The maximum Gasteiger partial charge on any atom is 0.0270 e. The smallest absolute Gasteiger partial charge is 0.0270 e. The highest BCUT2D eigenvalue weighted by Gasteiger charge is 2.25. The van der Waals surface area contributed by atoms with Crippen LogP contribution in [0.5, 0.6) is 0 Å². The molecule has 0 amide bonds. The molecule has 0 bridgehead atoms. The molecule has 0 spiro atoms. The Kier molecular flexibility index (Phi) is 7.00. The molecule has 1 nitrogen and oxygen atoms in total. The fraction of sp³-hybridized carbons (Fsp3) is 0.706. The van der Waals surface area contributed by atoms with Gasteiger partial charge in [0.2, 0.25) is 0 Å². The molecule has 0 radical (unpaired) electrons. The molecule has 102 valence electrons. The molecule has 0 N–H and O–H groups in total. The van der Waals surface area contributed by atoms with Crippen molar-refractivity contribution in [2.45, 2.75) is 77.6 Å². The van der Waals surface area contributed by atoms with Crippen LogP contribution in [0, 0.1) is 0 Å². The van der Waals surface area contributed by atoms with Gasteiger partial charge in [0.05, 0.1) is 0 Å². The molecule has 0 unspecified atom stereocenters. The largest absolute Gasteiger partial charge is 0.265 e. The molecule has 1 aromatic rings. The monoisotopic (exact) mass is 247 g/mol. The SMILES string of the molecule is CCCCCC(C)(CCCCC)c1ccncc1. The van der Waals surface area contributed by atoms with Gasteiger partial charge in [-0.3, -0.25) is 4.98 Å². The number of hydrogen-bond donors (Lipinski definition) is 0. The van der Waals surface area contributed by atoms with Crippen molar-refractivity contribution in [2.24, 2.45) is 0 Å². The van der Waals surface area contributed by atoms with Crippen molar-refractivity contribution in [1.82, 2.24) is 4.98 Å². The molecule has 0 saturated carbocycles. The molecule has 1 rings (SSSR count). The van der Waals surface area contributed by atoms with Crippen LogP contribution >= 0.6 is 0 Å². The van der Waals surface area contributed by atoms with Crippen LogP contribution in [0.15, 0.2) is 24.5 Å². The molecule has 1 heteroatoms. The number of rotatable bonds is 9. The second-order valence-corrected chi connectivity index (χ2v) is 5.71. The summed E-state index contributed by atoms with van der Waals surface area (Å²) < 4.78 is 0. The Morgan fingerprint density at radius 3 is 1.83 bits per heavy atom. The molecule has 1 heterocycles. The first-order valence-electron chi connectivity index (χ1n) is 7.63. The van der Waals surface area contributed by atoms with Crippen LogP contribution in [0.2, 0.25) is 0 Å². The summed E-state index contributed by atoms with van der Waals surface area (Å²) in [7, 11) is 0. The zero-order valence-corrected chi connectivity index (χ0v) is 12.4.